The van der Waals surface area contributed by atoms with E-state index in [4.69, 9.17) is 4.74 Å². The Hall–Kier alpha value is -2.64. The van der Waals surface area contributed by atoms with Gasteiger partial charge in [0.1, 0.15) is 5.25 Å². The first kappa shape index (κ1) is 19.7. The van der Waals surface area contributed by atoms with E-state index < -0.39 is 0 Å². The quantitative estimate of drug-likeness (QED) is 0.630. The van der Waals surface area contributed by atoms with Gasteiger partial charge in [0.15, 0.2) is 5.82 Å². The summed E-state index contributed by atoms with van der Waals surface area (Å²) in [6.07, 6.45) is 1.00. The van der Waals surface area contributed by atoms with E-state index in [0.29, 0.717) is 37.3 Å². The summed E-state index contributed by atoms with van der Waals surface area (Å²) in [6.45, 7) is 4.53. The highest BCUT2D eigenvalue weighted by Gasteiger charge is 2.29. The summed E-state index contributed by atoms with van der Waals surface area (Å²) in [6, 6.07) is 18.1. The molecule has 0 radical (unpaired) electrons. The number of thioether (sulfide) groups is 1. The molecule has 0 saturated carbocycles. The maximum absolute atomic E-state index is 13.2. The van der Waals surface area contributed by atoms with Crippen molar-refractivity contribution < 1.29 is 9.53 Å². The summed E-state index contributed by atoms with van der Waals surface area (Å²) < 4.78 is 5.39. The van der Waals surface area contributed by atoms with Crippen molar-refractivity contribution in [3.05, 3.63) is 65.7 Å². The fourth-order valence-corrected chi connectivity index (χ4v) is 4.27. The molecule has 4 rings (SSSR count). The van der Waals surface area contributed by atoms with Gasteiger partial charge in [0.05, 0.1) is 13.2 Å². The number of benzene rings is 2. The largest absolute Gasteiger partial charge is 0.378 e. The van der Waals surface area contributed by atoms with Crippen LogP contribution in [0.3, 0.4) is 0 Å². The normalized spacial score (nSPS) is 15.3. The average Bonchev–Trinajstić information content (AvgIpc) is 3.27. The zero-order valence-corrected chi connectivity index (χ0v) is 17.2. The number of H-pyrrole nitrogens is 1. The third-order valence-corrected chi connectivity index (χ3v) is 6.08. The Morgan fingerprint density at radius 1 is 1.14 bits per heavy atom. The van der Waals surface area contributed by atoms with Crippen LogP contribution in [0.1, 0.15) is 23.3 Å². The van der Waals surface area contributed by atoms with Crippen molar-refractivity contribution in [3.8, 4) is 11.4 Å². The number of ether oxygens (including phenoxy) is 1. The van der Waals surface area contributed by atoms with Gasteiger partial charge in [-0.2, -0.15) is 0 Å². The molecular weight excluding hydrogens is 384 g/mol. The molecule has 1 unspecified atom stereocenters. The number of hydrogen-bond donors (Lipinski definition) is 1. The molecule has 1 saturated heterocycles. The predicted molar refractivity (Wildman–Crippen MR) is 114 cm³/mol. The number of carbonyl (C=O) groups is 1. The second-order valence-corrected chi connectivity index (χ2v) is 7.94. The Kier molecular flexibility index (Phi) is 6.27. The van der Waals surface area contributed by atoms with Crippen molar-refractivity contribution >= 4 is 17.7 Å². The van der Waals surface area contributed by atoms with Crippen LogP contribution in [0.15, 0.2) is 59.8 Å². The maximum atomic E-state index is 13.2. The molecule has 29 heavy (non-hydrogen) atoms. The van der Waals surface area contributed by atoms with Gasteiger partial charge in [-0.05, 0) is 17.5 Å². The number of aromatic amines is 1. The molecule has 1 N–H and O–H groups in total. The molecule has 0 bridgehead atoms. The Morgan fingerprint density at radius 3 is 2.55 bits per heavy atom. The van der Waals surface area contributed by atoms with E-state index in [0.717, 1.165) is 17.5 Å². The monoisotopic (exact) mass is 408 g/mol. The zero-order chi connectivity index (χ0) is 20.1. The minimum atomic E-state index is -0.389. The Labute approximate surface area is 174 Å². The van der Waals surface area contributed by atoms with Crippen molar-refractivity contribution in [1.82, 2.24) is 20.1 Å². The second kappa shape index (κ2) is 9.24. The molecule has 1 aromatic heterocycles. The van der Waals surface area contributed by atoms with E-state index in [1.165, 1.54) is 17.3 Å². The second-order valence-electron chi connectivity index (χ2n) is 6.86. The lowest BCUT2D eigenvalue weighted by molar-refractivity contribution is -0.134. The van der Waals surface area contributed by atoms with Crippen molar-refractivity contribution in [2.75, 3.05) is 26.3 Å². The Bertz CT molecular complexity index is 937. The number of amides is 1. The van der Waals surface area contributed by atoms with Gasteiger partial charge in [0.2, 0.25) is 11.1 Å². The van der Waals surface area contributed by atoms with Crippen LogP contribution in [0.2, 0.25) is 0 Å². The summed E-state index contributed by atoms with van der Waals surface area (Å²) in [5.74, 6) is 0.781. The van der Waals surface area contributed by atoms with E-state index in [9.17, 15) is 4.79 Å². The van der Waals surface area contributed by atoms with E-state index in [-0.39, 0.29) is 11.2 Å². The van der Waals surface area contributed by atoms with Gasteiger partial charge in [0, 0.05) is 18.7 Å². The first-order valence-electron chi connectivity index (χ1n) is 9.84. The fraction of sp³-hybridized carbons (Fsp3) is 0.318. The molecule has 3 aromatic rings. The van der Waals surface area contributed by atoms with Crippen molar-refractivity contribution in [3.63, 3.8) is 0 Å². The van der Waals surface area contributed by atoms with Gasteiger partial charge in [-0.15, -0.1) is 5.10 Å². The molecule has 2 heterocycles. The van der Waals surface area contributed by atoms with Crippen LogP contribution in [-0.2, 0) is 16.0 Å². The minimum Gasteiger partial charge on any atom is -0.378 e. The van der Waals surface area contributed by atoms with Gasteiger partial charge in [-0.1, -0.05) is 73.3 Å². The minimum absolute atomic E-state index is 0.0724. The van der Waals surface area contributed by atoms with Crippen LogP contribution in [0, 0.1) is 0 Å². The highest BCUT2D eigenvalue weighted by molar-refractivity contribution is 8.00. The van der Waals surface area contributed by atoms with Crippen molar-refractivity contribution in [2.45, 2.75) is 23.8 Å². The van der Waals surface area contributed by atoms with Crippen LogP contribution in [0.5, 0.6) is 0 Å². The van der Waals surface area contributed by atoms with Gasteiger partial charge in [-0.25, -0.2) is 4.98 Å². The number of hydrogen-bond acceptors (Lipinski definition) is 5. The fourth-order valence-electron chi connectivity index (χ4n) is 3.27. The summed E-state index contributed by atoms with van der Waals surface area (Å²) in [7, 11) is 0. The molecule has 1 fully saturated rings. The summed E-state index contributed by atoms with van der Waals surface area (Å²) in [5.41, 5.74) is 3.22. The highest BCUT2D eigenvalue weighted by Crippen LogP contribution is 2.35. The van der Waals surface area contributed by atoms with Gasteiger partial charge in [0.25, 0.3) is 0 Å². The van der Waals surface area contributed by atoms with Gasteiger partial charge in [-0.3, -0.25) is 9.89 Å². The highest BCUT2D eigenvalue weighted by atomic mass is 32.2. The number of carbonyl (C=O) groups excluding carboxylic acids is 1. The van der Waals surface area contributed by atoms with E-state index in [1.807, 2.05) is 47.4 Å². The first-order valence-corrected chi connectivity index (χ1v) is 10.7. The third kappa shape index (κ3) is 4.68. The lowest BCUT2D eigenvalue weighted by atomic mass is 10.1. The van der Waals surface area contributed by atoms with Crippen molar-refractivity contribution in [1.29, 1.82) is 0 Å². The van der Waals surface area contributed by atoms with Crippen LogP contribution >= 0.6 is 11.8 Å². The molecule has 1 atom stereocenters. The maximum Gasteiger partial charge on any atom is 0.240 e. The Balaban J connectivity index is 1.56. The number of rotatable bonds is 6. The van der Waals surface area contributed by atoms with Crippen LogP contribution in [-0.4, -0.2) is 52.3 Å². The van der Waals surface area contributed by atoms with Gasteiger partial charge < -0.3 is 9.64 Å². The molecule has 6 nitrogen and oxygen atoms in total. The van der Waals surface area contributed by atoms with E-state index in [2.05, 4.69) is 34.2 Å². The van der Waals surface area contributed by atoms with E-state index >= 15 is 0 Å². The molecule has 1 aliphatic rings. The number of aromatic nitrogens is 3. The first-order chi connectivity index (χ1) is 14.2. The molecular formula is C22H24N4O2S. The smallest absolute Gasteiger partial charge is 0.240 e. The zero-order valence-electron chi connectivity index (χ0n) is 16.4. The van der Waals surface area contributed by atoms with Crippen LogP contribution in [0.25, 0.3) is 11.4 Å². The van der Waals surface area contributed by atoms with Crippen LogP contribution < -0.4 is 0 Å². The van der Waals surface area contributed by atoms with Gasteiger partial charge >= 0.3 is 0 Å². The summed E-state index contributed by atoms with van der Waals surface area (Å²) >= 11 is 1.38. The van der Waals surface area contributed by atoms with E-state index in [1.54, 1.807) is 0 Å². The topological polar surface area (TPSA) is 71.1 Å². The molecule has 1 aliphatic heterocycles. The molecule has 0 spiro atoms. The molecule has 1 amide bonds. The number of aryl methyl sites for hydroxylation is 1. The number of nitrogens with one attached hydrogen (secondary N) is 1. The average molecular weight is 409 g/mol. The summed E-state index contributed by atoms with van der Waals surface area (Å²) in [5, 5.41) is 7.54. The lowest BCUT2D eigenvalue weighted by Gasteiger charge is -2.30. The van der Waals surface area contributed by atoms with Crippen LogP contribution in [0.4, 0.5) is 0 Å². The number of morpholine rings is 1. The lowest BCUT2D eigenvalue weighted by Crippen LogP contribution is -2.42. The van der Waals surface area contributed by atoms with Crippen molar-refractivity contribution in [2.24, 2.45) is 0 Å². The Morgan fingerprint density at radius 2 is 1.86 bits per heavy atom. The standard InChI is InChI=1S/C22H24N4O2S/c1-2-16-8-10-18(11-9-16)20-23-22(25-24-20)29-19(17-6-4-3-5-7-17)21(27)26-12-14-28-15-13-26/h3-11,19H,2,12-15H2,1H3,(H,23,24,25). The molecule has 2 aromatic carbocycles. The molecule has 7 heteroatoms. The SMILES string of the molecule is CCc1ccc(-c2nc(SC(C(=O)N3CCOCC3)c3ccccc3)n[nH]2)cc1. The third-order valence-electron chi connectivity index (χ3n) is 4.97. The molecule has 150 valence electrons. The number of nitrogens with zero attached hydrogens (tertiary/aromatic N) is 3. The summed E-state index contributed by atoms with van der Waals surface area (Å²) in [4.78, 5) is 19.7. The predicted octanol–water partition coefficient (Wildman–Crippen LogP) is 3.73. The molecule has 0 aliphatic carbocycles.